The van der Waals surface area contributed by atoms with E-state index < -0.39 is 6.10 Å². The van der Waals surface area contributed by atoms with E-state index in [-0.39, 0.29) is 6.10 Å². The molecule has 13 heavy (non-hydrogen) atoms. The van der Waals surface area contributed by atoms with E-state index in [0.29, 0.717) is 6.61 Å². The first-order valence-electron chi connectivity index (χ1n) is 5.12. The Balaban J connectivity index is 1.96. The highest BCUT2D eigenvalue weighted by Gasteiger charge is 2.29. The summed E-state index contributed by atoms with van der Waals surface area (Å²) in [4.78, 5) is 0. The van der Waals surface area contributed by atoms with Crippen molar-refractivity contribution in [2.75, 3.05) is 6.61 Å². The lowest BCUT2D eigenvalue weighted by atomic mass is 10.1. The summed E-state index contributed by atoms with van der Waals surface area (Å²) >= 11 is 0. The molecule has 1 saturated heterocycles. The van der Waals surface area contributed by atoms with Gasteiger partial charge in [-0.05, 0) is 6.42 Å². The van der Waals surface area contributed by atoms with Gasteiger partial charge in [-0.3, -0.25) is 0 Å². The maximum Gasteiger partial charge on any atom is 0.143 e. The van der Waals surface area contributed by atoms with Crippen molar-refractivity contribution in [3.8, 4) is 11.8 Å². The van der Waals surface area contributed by atoms with Crippen LogP contribution in [0.1, 0.15) is 39.0 Å². The molecule has 1 aliphatic heterocycles. The third-order valence-electron chi connectivity index (χ3n) is 2.12. The van der Waals surface area contributed by atoms with Crippen molar-refractivity contribution in [3.05, 3.63) is 0 Å². The van der Waals surface area contributed by atoms with Crippen LogP contribution in [0, 0.1) is 11.8 Å². The number of ether oxygens (including phenoxy) is 1. The molecule has 0 saturated carbocycles. The number of aliphatic hydroxyl groups excluding tert-OH is 1. The molecule has 0 spiro atoms. The van der Waals surface area contributed by atoms with E-state index in [1.54, 1.807) is 0 Å². The predicted octanol–water partition coefficient (Wildman–Crippen LogP) is 1.72. The van der Waals surface area contributed by atoms with Crippen LogP contribution < -0.4 is 0 Å². The van der Waals surface area contributed by atoms with Gasteiger partial charge in [0.15, 0.2) is 0 Å². The molecule has 74 valence electrons. The van der Waals surface area contributed by atoms with Gasteiger partial charge in [-0.1, -0.05) is 32.1 Å². The first-order chi connectivity index (χ1) is 6.34. The minimum atomic E-state index is -0.550. The molecule has 0 aliphatic carbocycles. The van der Waals surface area contributed by atoms with E-state index >= 15 is 0 Å². The van der Waals surface area contributed by atoms with Crippen LogP contribution in [0.3, 0.4) is 0 Å². The predicted molar refractivity (Wildman–Crippen MR) is 52.3 cm³/mol. The lowest BCUT2D eigenvalue weighted by Crippen LogP contribution is -2.10. The van der Waals surface area contributed by atoms with Crippen molar-refractivity contribution >= 4 is 0 Å². The number of epoxide rings is 1. The van der Waals surface area contributed by atoms with E-state index in [1.807, 2.05) is 0 Å². The average molecular weight is 182 g/mol. The Morgan fingerprint density at radius 3 is 2.85 bits per heavy atom. The van der Waals surface area contributed by atoms with Gasteiger partial charge in [0.2, 0.25) is 0 Å². The molecule has 0 amide bonds. The van der Waals surface area contributed by atoms with E-state index in [4.69, 9.17) is 4.74 Å². The van der Waals surface area contributed by atoms with E-state index in [2.05, 4.69) is 18.8 Å². The summed E-state index contributed by atoms with van der Waals surface area (Å²) in [7, 11) is 0. The summed E-state index contributed by atoms with van der Waals surface area (Å²) in [5, 5.41) is 9.29. The van der Waals surface area contributed by atoms with Gasteiger partial charge in [0, 0.05) is 6.42 Å². The van der Waals surface area contributed by atoms with Crippen LogP contribution in [0.15, 0.2) is 0 Å². The molecular formula is C11H18O2. The molecule has 0 radical (unpaired) electrons. The normalized spacial score (nSPS) is 21.8. The second kappa shape index (κ2) is 6.01. The van der Waals surface area contributed by atoms with Crippen molar-refractivity contribution in [2.45, 2.75) is 51.2 Å². The van der Waals surface area contributed by atoms with Crippen molar-refractivity contribution in [2.24, 2.45) is 0 Å². The largest absolute Gasteiger partial charge is 0.378 e. The number of hydrogen-bond acceptors (Lipinski definition) is 2. The third-order valence-corrected chi connectivity index (χ3v) is 2.12. The number of hydrogen-bond donors (Lipinski definition) is 1. The van der Waals surface area contributed by atoms with Crippen molar-refractivity contribution < 1.29 is 9.84 Å². The molecule has 0 bridgehead atoms. The Kier molecular flexibility index (Phi) is 4.88. The Morgan fingerprint density at radius 1 is 1.46 bits per heavy atom. The molecule has 0 aromatic heterocycles. The highest BCUT2D eigenvalue weighted by atomic mass is 16.6. The van der Waals surface area contributed by atoms with Crippen LogP contribution in [0.4, 0.5) is 0 Å². The fourth-order valence-corrected chi connectivity index (χ4v) is 1.15. The second-order valence-corrected chi connectivity index (χ2v) is 3.45. The van der Waals surface area contributed by atoms with Crippen LogP contribution in [0.2, 0.25) is 0 Å². The van der Waals surface area contributed by atoms with Gasteiger partial charge in [-0.25, -0.2) is 0 Å². The van der Waals surface area contributed by atoms with Crippen molar-refractivity contribution in [3.63, 3.8) is 0 Å². The molecule has 1 fully saturated rings. The van der Waals surface area contributed by atoms with Crippen LogP contribution in [0.5, 0.6) is 0 Å². The van der Waals surface area contributed by atoms with E-state index in [9.17, 15) is 5.11 Å². The zero-order valence-corrected chi connectivity index (χ0v) is 8.25. The lowest BCUT2D eigenvalue weighted by molar-refractivity contribution is 0.186. The fourth-order valence-electron chi connectivity index (χ4n) is 1.15. The summed E-state index contributed by atoms with van der Waals surface area (Å²) in [5.74, 6) is 5.79. The standard InChI is InChI=1S/C11H18O2/c1-2-3-4-5-6-7-8-10(12)11-9-13-11/h10-12H,2-6,9H2,1H3. The summed E-state index contributed by atoms with van der Waals surface area (Å²) in [6.45, 7) is 2.87. The highest BCUT2D eigenvalue weighted by molar-refractivity contribution is 5.09. The summed E-state index contributed by atoms with van der Waals surface area (Å²) in [5.41, 5.74) is 0. The minimum absolute atomic E-state index is 0.00291. The van der Waals surface area contributed by atoms with Crippen molar-refractivity contribution in [1.29, 1.82) is 0 Å². The van der Waals surface area contributed by atoms with E-state index in [0.717, 1.165) is 12.8 Å². The molecule has 1 rings (SSSR count). The van der Waals surface area contributed by atoms with Gasteiger partial charge in [0.1, 0.15) is 12.2 Å². The first kappa shape index (κ1) is 10.6. The quantitative estimate of drug-likeness (QED) is 0.399. The molecular weight excluding hydrogens is 164 g/mol. The van der Waals surface area contributed by atoms with Gasteiger partial charge >= 0.3 is 0 Å². The second-order valence-electron chi connectivity index (χ2n) is 3.45. The van der Waals surface area contributed by atoms with Gasteiger partial charge in [-0.2, -0.15) is 0 Å². The van der Waals surface area contributed by atoms with Crippen LogP contribution in [0.25, 0.3) is 0 Å². The van der Waals surface area contributed by atoms with Gasteiger partial charge in [0.25, 0.3) is 0 Å². The molecule has 0 aromatic carbocycles. The molecule has 2 nitrogen and oxygen atoms in total. The lowest BCUT2D eigenvalue weighted by Gasteiger charge is -1.95. The molecule has 0 aromatic rings. The van der Waals surface area contributed by atoms with Gasteiger partial charge < -0.3 is 9.84 Å². The fraction of sp³-hybridized carbons (Fsp3) is 0.818. The Bertz CT molecular complexity index is 186. The summed E-state index contributed by atoms with van der Waals surface area (Å²) < 4.78 is 4.91. The summed E-state index contributed by atoms with van der Waals surface area (Å²) in [6, 6.07) is 0. The maximum absolute atomic E-state index is 9.29. The highest BCUT2D eigenvalue weighted by Crippen LogP contribution is 2.12. The number of aliphatic hydroxyl groups is 1. The average Bonchev–Trinajstić information content (AvgIpc) is 2.93. The SMILES string of the molecule is CCCCCCC#CC(O)C1CO1. The monoisotopic (exact) mass is 182 g/mol. The minimum Gasteiger partial charge on any atom is -0.378 e. The zero-order valence-electron chi connectivity index (χ0n) is 8.25. The molecule has 1 heterocycles. The van der Waals surface area contributed by atoms with E-state index in [1.165, 1.54) is 19.3 Å². The van der Waals surface area contributed by atoms with Crippen LogP contribution >= 0.6 is 0 Å². The maximum atomic E-state index is 9.29. The van der Waals surface area contributed by atoms with Crippen molar-refractivity contribution in [1.82, 2.24) is 0 Å². The van der Waals surface area contributed by atoms with Gasteiger partial charge in [0.05, 0.1) is 6.61 Å². The molecule has 2 unspecified atom stereocenters. The zero-order chi connectivity index (χ0) is 9.52. The van der Waals surface area contributed by atoms with Crippen LogP contribution in [-0.4, -0.2) is 23.9 Å². The molecule has 1 N–H and O–H groups in total. The number of rotatable bonds is 5. The van der Waals surface area contributed by atoms with Gasteiger partial charge in [-0.15, -0.1) is 5.92 Å². The first-order valence-corrected chi connectivity index (χ1v) is 5.12. The Hall–Kier alpha value is -0.520. The Labute approximate surface area is 80.3 Å². The molecule has 2 heteroatoms. The topological polar surface area (TPSA) is 32.8 Å². The van der Waals surface area contributed by atoms with Crippen LogP contribution in [-0.2, 0) is 4.74 Å². The molecule has 1 aliphatic rings. The number of unbranched alkanes of at least 4 members (excludes halogenated alkanes) is 4. The Morgan fingerprint density at radius 2 is 2.23 bits per heavy atom. The summed E-state index contributed by atoms with van der Waals surface area (Å²) in [6.07, 6.45) is 5.31. The molecule has 2 atom stereocenters. The third kappa shape index (κ3) is 4.92. The smallest absolute Gasteiger partial charge is 0.143 e.